The van der Waals surface area contributed by atoms with E-state index in [2.05, 4.69) is 4.98 Å². The molecule has 0 radical (unpaired) electrons. The fraction of sp³-hybridized carbons (Fsp3) is 0.409. The number of amides is 2. The zero-order chi connectivity index (χ0) is 22.0. The Hall–Kier alpha value is -2.78. The zero-order valence-corrected chi connectivity index (χ0v) is 18.2. The SMILES string of the molecule is Cc1cccnc1OCC1CCN(S(=O)(=O)c2ccc(N3C(=O)CCC3=O)cc2)CC1. The number of hydrogen-bond donors (Lipinski definition) is 0. The summed E-state index contributed by atoms with van der Waals surface area (Å²) in [6, 6.07) is 9.76. The van der Waals surface area contributed by atoms with E-state index in [4.69, 9.17) is 4.74 Å². The Morgan fingerprint density at radius 1 is 1.03 bits per heavy atom. The van der Waals surface area contributed by atoms with Gasteiger partial charge >= 0.3 is 0 Å². The Balaban J connectivity index is 1.36. The predicted octanol–water partition coefficient (Wildman–Crippen LogP) is 2.52. The molecular formula is C22H25N3O5S. The second-order valence-corrected chi connectivity index (χ2v) is 9.84. The molecule has 2 aliphatic heterocycles. The average Bonchev–Trinajstić information content (AvgIpc) is 3.11. The number of aromatic nitrogens is 1. The van der Waals surface area contributed by atoms with Crippen molar-refractivity contribution in [3.05, 3.63) is 48.2 Å². The Kier molecular flexibility index (Phi) is 6.06. The Morgan fingerprint density at radius 2 is 1.68 bits per heavy atom. The number of piperidine rings is 1. The number of nitrogens with zero attached hydrogens (tertiary/aromatic N) is 3. The van der Waals surface area contributed by atoms with E-state index in [1.807, 2.05) is 19.1 Å². The van der Waals surface area contributed by atoms with Gasteiger partial charge in [0.25, 0.3) is 0 Å². The third-order valence-electron chi connectivity index (χ3n) is 5.77. The maximum atomic E-state index is 13.0. The lowest BCUT2D eigenvalue weighted by Gasteiger charge is -2.31. The second kappa shape index (κ2) is 8.76. The van der Waals surface area contributed by atoms with Crippen LogP contribution >= 0.6 is 0 Å². The van der Waals surface area contributed by atoms with Crippen LogP contribution in [0, 0.1) is 12.8 Å². The molecule has 2 aromatic rings. The molecule has 2 fully saturated rings. The van der Waals surface area contributed by atoms with E-state index in [9.17, 15) is 18.0 Å². The first-order valence-electron chi connectivity index (χ1n) is 10.4. The highest BCUT2D eigenvalue weighted by atomic mass is 32.2. The summed E-state index contributed by atoms with van der Waals surface area (Å²) in [5, 5.41) is 0. The second-order valence-electron chi connectivity index (χ2n) is 7.90. The third-order valence-corrected chi connectivity index (χ3v) is 7.69. The van der Waals surface area contributed by atoms with E-state index < -0.39 is 10.0 Å². The van der Waals surface area contributed by atoms with Gasteiger partial charge in [-0.2, -0.15) is 4.31 Å². The summed E-state index contributed by atoms with van der Waals surface area (Å²) in [7, 11) is -3.63. The Bertz CT molecular complexity index is 1060. The monoisotopic (exact) mass is 443 g/mol. The molecule has 2 saturated heterocycles. The van der Waals surface area contributed by atoms with E-state index in [-0.39, 0.29) is 35.5 Å². The average molecular weight is 444 g/mol. The first kappa shape index (κ1) is 21.5. The summed E-state index contributed by atoms with van der Waals surface area (Å²) in [4.78, 5) is 29.2. The van der Waals surface area contributed by atoms with Crippen LogP contribution in [0.4, 0.5) is 5.69 Å². The maximum absolute atomic E-state index is 13.0. The zero-order valence-electron chi connectivity index (χ0n) is 17.4. The first-order chi connectivity index (χ1) is 14.9. The van der Waals surface area contributed by atoms with Gasteiger partial charge in [-0.15, -0.1) is 0 Å². The van der Waals surface area contributed by atoms with Gasteiger partial charge in [-0.05, 0) is 56.0 Å². The van der Waals surface area contributed by atoms with Crippen LogP contribution in [0.2, 0.25) is 0 Å². The number of pyridine rings is 1. The molecule has 4 rings (SSSR count). The number of rotatable bonds is 6. The van der Waals surface area contributed by atoms with Crippen LogP contribution in [-0.2, 0) is 19.6 Å². The molecule has 8 nitrogen and oxygen atoms in total. The van der Waals surface area contributed by atoms with Gasteiger partial charge in [-0.1, -0.05) is 6.07 Å². The fourth-order valence-corrected chi connectivity index (χ4v) is 5.39. The molecule has 0 spiro atoms. The molecule has 0 N–H and O–H groups in total. The molecule has 1 aromatic carbocycles. The van der Waals surface area contributed by atoms with Gasteiger partial charge in [0.1, 0.15) is 0 Å². The van der Waals surface area contributed by atoms with E-state index >= 15 is 0 Å². The van der Waals surface area contributed by atoms with Crippen molar-refractivity contribution in [1.29, 1.82) is 0 Å². The molecule has 2 amide bonds. The number of hydrogen-bond acceptors (Lipinski definition) is 6. The van der Waals surface area contributed by atoms with Crippen LogP contribution in [0.5, 0.6) is 5.88 Å². The number of sulfonamides is 1. The van der Waals surface area contributed by atoms with Gasteiger partial charge in [0.05, 0.1) is 17.2 Å². The molecule has 0 saturated carbocycles. The minimum atomic E-state index is -3.63. The minimum absolute atomic E-state index is 0.161. The number of ether oxygens (including phenoxy) is 1. The number of aryl methyl sites for hydroxylation is 1. The van der Waals surface area contributed by atoms with Crippen molar-refractivity contribution in [2.45, 2.75) is 37.5 Å². The normalized spacial score (nSPS) is 18.5. The third kappa shape index (κ3) is 4.47. The van der Waals surface area contributed by atoms with Crippen molar-refractivity contribution < 1.29 is 22.7 Å². The largest absolute Gasteiger partial charge is 0.477 e. The summed E-state index contributed by atoms with van der Waals surface area (Å²) in [5.74, 6) is 0.367. The highest BCUT2D eigenvalue weighted by Gasteiger charge is 2.32. The van der Waals surface area contributed by atoms with Crippen LogP contribution < -0.4 is 9.64 Å². The molecule has 164 valence electrons. The Morgan fingerprint density at radius 3 is 2.29 bits per heavy atom. The summed E-state index contributed by atoms with van der Waals surface area (Å²) >= 11 is 0. The first-order valence-corrected chi connectivity index (χ1v) is 11.8. The highest BCUT2D eigenvalue weighted by Crippen LogP contribution is 2.28. The maximum Gasteiger partial charge on any atom is 0.243 e. The van der Waals surface area contributed by atoms with Crippen molar-refractivity contribution in [2.75, 3.05) is 24.6 Å². The topological polar surface area (TPSA) is 96.9 Å². The number of anilines is 1. The molecule has 3 heterocycles. The quantitative estimate of drug-likeness (QED) is 0.637. The van der Waals surface area contributed by atoms with Crippen molar-refractivity contribution >= 4 is 27.5 Å². The van der Waals surface area contributed by atoms with E-state index in [1.165, 1.54) is 28.6 Å². The summed E-state index contributed by atoms with van der Waals surface area (Å²) in [6.45, 7) is 3.29. The molecule has 2 aliphatic rings. The predicted molar refractivity (Wildman–Crippen MR) is 114 cm³/mol. The van der Waals surface area contributed by atoms with Crippen molar-refractivity contribution in [1.82, 2.24) is 9.29 Å². The molecule has 1 aromatic heterocycles. The Labute approximate surface area is 181 Å². The van der Waals surface area contributed by atoms with Gasteiger partial charge in [-0.3, -0.25) is 14.5 Å². The van der Waals surface area contributed by atoms with E-state index in [1.54, 1.807) is 6.20 Å². The van der Waals surface area contributed by atoms with Crippen LogP contribution in [-0.4, -0.2) is 49.2 Å². The van der Waals surface area contributed by atoms with Crippen LogP contribution in [0.1, 0.15) is 31.2 Å². The van der Waals surface area contributed by atoms with Gasteiger partial charge < -0.3 is 4.74 Å². The number of imide groups is 1. The fourth-order valence-electron chi connectivity index (χ4n) is 3.92. The van der Waals surface area contributed by atoms with Crippen molar-refractivity contribution in [2.24, 2.45) is 5.92 Å². The van der Waals surface area contributed by atoms with Crippen molar-refractivity contribution in [3.63, 3.8) is 0 Å². The molecule has 0 unspecified atom stereocenters. The number of carbonyl (C=O) groups is 2. The van der Waals surface area contributed by atoms with Crippen LogP contribution in [0.3, 0.4) is 0 Å². The highest BCUT2D eigenvalue weighted by molar-refractivity contribution is 7.89. The molecular weight excluding hydrogens is 418 g/mol. The number of carbonyl (C=O) groups excluding carboxylic acids is 2. The van der Waals surface area contributed by atoms with Gasteiger partial charge in [0.15, 0.2) is 0 Å². The van der Waals surface area contributed by atoms with Crippen LogP contribution in [0.15, 0.2) is 47.5 Å². The smallest absolute Gasteiger partial charge is 0.243 e. The number of benzene rings is 1. The molecule has 9 heteroatoms. The standard InChI is InChI=1S/C22H25N3O5S/c1-16-3-2-12-23-22(16)30-15-17-10-13-24(14-11-17)31(28,29)19-6-4-18(5-7-19)25-20(26)8-9-21(25)27/h2-7,12,17H,8-11,13-15H2,1H3. The summed E-state index contributed by atoms with van der Waals surface area (Å²) < 4.78 is 33.3. The van der Waals surface area contributed by atoms with Gasteiger partial charge in [0, 0.05) is 37.7 Å². The van der Waals surface area contributed by atoms with Gasteiger partial charge in [-0.25, -0.2) is 13.4 Å². The summed E-state index contributed by atoms with van der Waals surface area (Å²) in [5.41, 5.74) is 1.38. The molecule has 0 aliphatic carbocycles. The molecule has 0 bridgehead atoms. The van der Waals surface area contributed by atoms with Crippen LogP contribution in [0.25, 0.3) is 0 Å². The van der Waals surface area contributed by atoms with E-state index in [0.29, 0.717) is 44.1 Å². The molecule has 31 heavy (non-hydrogen) atoms. The van der Waals surface area contributed by atoms with Gasteiger partial charge in [0.2, 0.25) is 27.7 Å². The minimum Gasteiger partial charge on any atom is -0.477 e. The summed E-state index contributed by atoms with van der Waals surface area (Å²) in [6.07, 6.45) is 3.49. The lowest BCUT2D eigenvalue weighted by Crippen LogP contribution is -2.39. The van der Waals surface area contributed by atoms with Crippen molar-refractivity contribution in [3.8, 4) is 5.88 Å². The lowest BCUT2D eigenvalue weighted by molar-refractivity contribution is -0.121. The lowest BCUT2D eigenvalue weighted by atomic mass is 9.99. The van der Waals surface area contributed by atoms with E-state index in [0.717, 1.165) is 10.5 Å². The molecule has 0 atom stereocenters.